The number of nitrogens with one attached hydrogen (secondary N) is 1. The van der Waals surface area contributed by atoms with Gasteiger partial charge in [0.1, 0.15) is 10.7 Å². The summed E-state index contributed by atoms with van der Waals surface area (Å²) in [4.78, 5) is 34.8. The topological polar surface area (TPSA) is 99.5 Å². The minimum Gasteiger partial charge on any atom is -0.453 e. The van der Waals surface area contributed by atoms with E-state index in [-0.39, 0.29) is 10.7 Å². The number of rotatable bonds is 5. The van der Waals surface area contributed by atoms with Crippen LogP contribution in [0.25, 0.3) is 0 Å². The van der Waals surface area contributed by atoms with E-state index >= 15 is 0 Å². The van der Waals surface area contributed by atoms with Crippen LogP contribution in [0.5, 0.6) is 0 Å². The Bertz CT molecular complexity index is 612. The predicted molar refractivity (Wildman–Crippen MR) is 82.2 cm³/mol. The Labute approximate surface area is 139 Å². The van der Waals surface area contributed by atoms with Crippen LogP contribution in [0, 0.1) is 12.8 Å². The molecule has 1 aromatic rings. The molecule has 0 aliphatic carbocycles. The maximum absolute atomic E-state index is 12.2. The van der Waals surface area contributed by atoms with Gasteiger partial charge in [0.05, 0.1) is 12.8 Å². The lowest BCUT2D eigenvalue weighted by Crippen LogP contribution is -2.39. The molecular formula is C14H20ClN3O5. The zero-order chi connectivity index (χ0) is 17.7. The van der Waals surface area contributed by atoms with Gasteiger partial charge >= 0.3 is 12.1 Å². The van der Waals surface area contributed by atoms with E-state index in [1.54, 1.807) is 6.92 Å². The van der Waals surface area contributed by atoms with Gasteiger partial charge in [0.15, 0.2) is 6.10 Å². The summed E-state index contributed by atoms with van der Waals surface area (Å²) in [6, 6.07) is 0. The van der Waals surface area contributed by atoms with Gasteiger partial charge in [0.2, 0.25) is 0 Å². The fourth-order valence-corrected chi connectivity index (χ4v) is 2.10. The molecule has 0 spiro atoms. The number of aromatic nitrogens is 2. The molecule has 8 nitrogen and oxygen atoms in total. The van der Waals surface area contributed by atoms with Crippen LogP contribution < -0.4 is 5.32 Å². The van der Waals surface area contributed by atoms with Gasteiger partial charge in [-0.05, 0) is 19.8 Å². The van der Waals surface area contributed by atoms with Crippen molar-refractivity contribution in [2.45, 2.75) is 40.3 Å². The van der Waals surface area contributed by atoms with Crippen LogP contribution in [0.4, 0.5) is 4.79 Å². The number of nitrogens with zero attached hydrogens (tertiary/aromatic N) is 2. The standard InChI is InChI=1S/C14H20ClN3O5/c1-7(2)6-18-11(15)10(8(3)17-18)13(20)23-9(4)12(19)16-14(21)22-5/h7,9H,6H2,1-5H3,(H,16,19,21)/t9-/m0/s1. The first kappa shape index (κ1) is 19.0. The third kappa shape index (κ3) is 4.95. The van der Waals surface area contributed by atoms with Gasteiger partial charge in [-0.25, -0.2) is 9.59 Å². The maximum atomic E-state index is 12.2. The first-order valence-corrected chi connectivity index (χ1v) is 7.37. The summed E-state index contributed by atoms with van der Waals surface area (Å²) in [7, 11) is 1.12. The van der Waals surface area contributed by atoms with Gasteiger partial charge in [-0.3, -0.25) is 14.8 Å². The maximum Gasteiger partial charge on any atom is 0.413 e. The molecular weight excluding hydrogens is 326 g/mol. The van der Waals surface area contributed by atoms with Crippen molar-refractivity contribution in [3.63, 3.8) is 0 Å². The quantitative estimate of drug-likeness (QED) is 0.818. The van der Waals surface area contributed by atoms with Gasteiger partial charge in [-0.1, -0.05) is 25.4 Å². The van der Waals surface area contributed by atoms with Gasteiger partial charge in [0, 0.05) is 6.54 Å². The number of ether oxygens (including phenoxy) is 2. The van der Waals surface area contributed by atoms with Crippen LogP contribution >= 0.6 is 11.6 Å². The number of carbonyl (C=O) groups excluding carboxylic acids is 3. The molecule has 0 aliphatic heterocycles. The minimum absolute atomic E-state index is 0.102. The van der Waals surface area contributed by atoms with E-state index in [0.717, 1.165) is 7.11 Å². The summed E-state index contributed by atoms with van der Waals surface area (Å²) in [5.41, 5.74) is 0.506. The highest BCUT2D eigenvalue weighted by Crippen LogP contribution is 2.22. The molecule has 0 unspecified atom stereocenters. The number of halogens is 1. The second kappa shape index (κ2) is 7.96. The molecule has 0 radical (unpaired) electrons. The summed E-state index contributed by atoms with van der Waals surface area (Å²) in [5.74, 6) is -1.29. The summed E-state index contributed by atoms with van der Waals surface area (Å²) in [6.07, 6.45) is -2.12. The molecule has 0 aromatic carbocycles. The van der Waals surface area contributed by atoms with Crippen molar-refractivity contribution in [3.05, 3.63) is 16.4 Å². The average Bonchev–Trinajstić information content (AvgIpc) is 2.72. The Morgan fingerprint density at radius 2 is 1.91 bits per heavy atom. The van der Waals surface area contributed by atoms with E-state index in [0.29, 0.717) is 18.2 Å². The highest BCUT2D eigenvalue weighted by Gasteiger charge is 2.26. The SMILES string of the molecule is COC(=O)NC(=O)[C@H](C)OC(=O)c1c(C)nn(CC(C)C)c1Cl. The van der Waals surface area contributed by atoms with E-state index in [4.69, 9.17) is 16.3 Å². The number of amides is 2. The monoisotopic (exact) mass is 345 g/mol. The highest BCUT2D eigenvalue weighted by atomic mass is 35.5. The zero-order valence-electron chi connectivity index (χ0n) is 13.7. The van der Waals surface area contributed by atoms with Gasteiger partial charge < -0.3 is 9.47 Å². The molecule has 1 N–H and O–H groups in total. The third-order valence-electron chi connectivity index (χ3n) is 2.87. The van der Waals surface area contributed by atoms with Gasteiger partial charge in [0.25, 0.3) is 5.91 Å². The van der Waals surface area contributed by atoms with Crippen molar-refractivity contribution in [2.75, 3.05) is 7.11 Å². The molecule has 1 atom stereocenters. The first-order valence-electron chi connectivity index (χ1n) is 7.00. The molecule has 9 heteroatoms. The fourth-order valence-electron chi connectivity index (χ4n) is 1.78. The van der Waals surface area contributed by atoms with Gasteiger partial charge in [-0.15, -0.1) is 0 Å². The zero-order valence-corrected chi connectivity index (χ0v) is 14.4. The van der Waals surface area contributed by atoms with E-state index in [2.05, 4.69) is 9.84 Å². The van der Waals surface area contributed by atoms with Crippen molar-refractivity contribution in [3.8, 4) is 0 Å². The Kier molecular flexibility index (Phi) is 6.56. The summed E-state index contributed by atoms with van der Waals surface area (Å²) < 4.78 is 10.8. The smallest absolute Gasteiger partial charge is 0.413 e. The van der Waals surface area contributed by atoms with Crippen LogP contribution in [0.15, 0.2) is 0 Å². The van der Waals surface area contributed by atoms with Crippen LogP contribution in [-0.2, 0) is 20.8 Å². The van der Waals surface area contributed by atoms with Crippen molar-refractivity contribution in [1.29, 1.82) is 0 Å². The molecule has 0 aliphatic rings. The number of hydrogen-bond acceptors (Lipinski definition) is 6. The van der Waals surface area contributed by atoms with Crippen molar-refractivity contribution >= 4 is 29.6 Å². The average molecular weight is 346 g/mol. The number of carbonyl (C=O) groups is 3. The van der Waals surface area contributed by atoms with Crippen molar-refractivity contribution < 1.29 is 23.9 Å². The number of esters is 1. The molecule has 0 fully saturated rings. The second-order valence-corrected chi connectivity index (χ2v) is 5.71. The lowest BCUT2D eigenvalue weighted by Gasteiger charge is -2.12. The molecule has 0 saturated heterocycles. The second-order valence-electron chi connectivity index (χ2n) is 5.36. The van der Waals surface area contributed by atoms with Crippen molar-refractivity contribution in [1.82, 2.24) is 15.1 Å². The first-order chi connectivity index (χ1) is 10.7. The predicted octanol–water partition coefficient (Wildman–Crippen LogP) is 1.93. The molecule has 2 amide bonds. The van der Waals surface area contributed by atoms with Crippen molar-refractivity contribution in [2.24, 2.45) is 5.92 Å². The van der Waals surface area contributed by atoms with Crippen LogP contribution in [-0.4, -0.2) is 41.0 Å². The van der Waals surface area contributed by atoms with E-state index in [1.165, 1.54) is 11.6 Å². The summed E-state index contributed by atoms with van der Waals surface area (Å²) >= 11 is 6.16. The molecule has 23 heavy (non-hydrogen) atoms. The molecule has 128 valence electrons. The Morgan fingerprint density at radius 3 is 2.43 bits per heavy atom. The number of imide groups is 1. The summed E-state index contributed by atoms with van der Waals surface area (Å²) in [5, 5.41) is 6.26. The lowest BCUT2D eigenvalue weighted by molar-refractivity contribution is -0.128. The van der Waals surface area contributed by atoms with Gasteiger partial charge in [-0.2, -0.15) is 5.10 Å². The van der Waals surface area contributed by atoms with Crippen LogP contribution in [0.2, 0.25) is 5.15 Å². The fraction of sp³-hybridized carbons (Fsp3) is 0.571. The Hall–Kier alpha value is -2.09. The third-order valence-corrected chi connectivity index (χ3v) is 3.26. The Balaban J connectivity index is 2.84. The molecule has 1 rings (SSSR count). The minimum atomic E-state index is -1.19. The molecule has 1 heterocycles. The van der Waals surface area contributed by atoms with Crippen LogP contribution in [0.3, 0.4) is 0 Å². The molecule has 0 saturated carbocycles. The summed E-state index contributed by atoms with van der Waals surface area (Å²) in [6.45, 7) is 7.48. The van der Waals surface area contributed by atoms with E-state index in [1.807, 2.05) is 19.2 Å². The largest absolute Gasteiger partial charge is 0.453 e. The number of aryl methyl sites for hydroxylation is 1. The highest BCUT2D eigenvalue weighted by molar-refractivity contribution is 6.32. The Morgan fingerprint density at radius 1 is 1.30 bits per heavy atom. The normalized spacial score (nSPS) is 12.0. The number of alkyl carbamates (subject to hydrolysis) is 1. The molecule has 1 aromatic heterocycles. The number of methoxy groups -OCH3 is 1. The lowest BCUT2D eigenvalue weighted by atomic mass is 10.2. The van der Waals surface area contributed by atoms with E-state index < -0.39 is 24.1 Å². The molecule has 0 bridgehead atoms. The number of hydrogen-bond donors (Lipinski definition) is 1. The van der Waals surface area contributed by atoms with E-state index in [9.17, 15) is 14.4 Å². The van der Waals surface area contributed by atoms with Crippen LogP contribution in [0.1, 0.15) is 36.8 Å².